The van der Waals surface area contributed by atoms with Gasteiger partial charge in [0.15, 0.2) is 0 Å². The van der Waals surface area contributed by atoms with Crippen molar-refractivity contribution < 1.29 is 63.8 Å². The van der Waals surface area contributed by atoms with Crippen LogP contribution in [0, 0.1) is 23.6 Å². The number of alkyl carbamates (subject to hydrolysis) is 1. The number of hydrogen-bond acceptors (Lipinski definition) is 9. The van der Waals surface area contributed by atoms with Crippen molar-refractivity contribution in [1.82, 2.24) is 20.3 Å². The molecule has 0 aromatic heterocycles. The van der Waals surface area contributed by atoms with Crippen molar-refractivity contribution in [3.05, 3.63) is 47.8 Å². The van der Waals surface area contributed by atoms with Crippen LogP contribution < -0.4 is 15.4 Å². The van der Waals surface area contributed by atoms with Crippen molar-refractivity contribution in [1.29, 1.82) is 0 Å². The number of nitrogens with zero attached hydrogens (tertiary/aromatic N) is 1. The van der Waals surface area contributed by atoms with Gasteiger partial charge in [0.05, 0.1) is 12.1 Å². The zero-order chi connectivity index (χ0) is 40.7. The molecular formula is C36H45F5N4O9S. The van der Waals surface area contributed by atoms with E-state index in [2.05, 4.69) is 10.6 Å². The van der Waals surface area contributed by atoms with Crippen LogP contribution in [-0.2, 0) is 33.9 Å². The summed E-state index contributed by atoms with van der Waals surface area (Å²) in [6, 6.07) is 1.48. The van der Waals surface area contributed by atoms with Gasteiger partial charge in [-0.3, -0.25) is 19.1 Å². The van der Waals surface area contributed by atoms with Gasteiger partial charge >= 0.3 is 18.2 Å². The highest BCUT2D eigenvalue weighted by Gasteiger charge is 2.64. The van der Waals surface area contributed by atoms with Gasteiger partial charge in [0.25, 0.3) is 5.91 Å². The number of nitrogens with one attached hydrogen (secondary N) is 3. The molecule has 2 aliphatic heterocycles. The number of fused-ring (bicyclic) bond motifs is 2. The van der Waals surface area contributed by atoms with Crippen LogP contribution in [0.5, 0.6) is 0 Å². The molecule has 0 bridgehead atoms. The van der Waals surface area contributed by atoms with Crippen LogP contribution in [-0.4, -0.2) is 96.6 Å². The molecule has 7 atom stereocenters. The van der Waals surface area contributed by atoms with Gasteiger partial charge in [0.2, 0.25) is 27.4 Å². The molecule has 2 saturated carbocycles. The average Bonchev–Trinajstić information content (AvgIpc) is 3.99. The minimum Gasteiger partial charge on any atom is -0.457 e. The van der Waals surface area contributed by atoms with E-state index in [0.29, 0.717) is 26.7 Å². The van der Waals surface area contributed by atoms with Crippen molar-refractivity contribution in [3.8, 4) is 0 Å². The lowest BCUT2D eigenvalue weighted by Gasteiger charge is -2.34. The van der Waals surface area contributed by atoms with E-state index < -0.39 is 111 Å². The Labute approximate surface area is 315 Å². The van der Waals surface area contributed by atoms with E-state index >= 15 is 0 Å². The molecular weight excluding hydrogens is 759 g/mol. The topological polar surface area (TPSA) is 177 Å². The highest BCUT2D eigenvalue weighted by Crippen LogP contribution is 2.48. The van der Waals surface area contributed by atoms with Crippen LogP contribution in [0.25, 0.3) is 0 Å². The summed E-state index contributed by atoms with van der Waals surface area (Å²) in [7, 11) is -4.50. The molecule has 304 valence electrons. The van der Waals surface area contributed by atoms with Gasteiger partial charge in [-0.1, -0.05) is 32.1 Å². The number of ether oxygens (including phenoxy) is 2. The number of halogens is 5. The van der Waals surface area contributed by atoms with Crippen LogP contribution in [0.15, 0.2) is 36.4 Å². The standard InChI is InChI=1S/C36H45F5N4O9S/c1-20-8-5-6-10-23-17-35(23,31(49)44-55(51,52)34(19-37)12-13-34)43-28(46)26-16-25(53-30(48)22-9-7-11-24(38)15-22)18-45(26)29(47)27(21(2)14-20)42-32(50)54-33(3,4)36(39,40)41/h6-7,9-11,15,20-21,23,25-27H,5,8,12-14,16-19H2,1-4H3,(H,42,50)(H,43,46)(H,44,49). The molecule has 3 N–H and O–H groups in total. The molecule has 13 nitrogen and oxygen atoms in total. The molecule has 0 spiro atoms. The SMILES string of the molecule is CC1CCC=CC2CC2(C(=O)NS(=O)(=O)C2(CF)CC2)NC(=O)C2CC(OC(=O)c3cccc(F)c3)CN2C(=O)C(NC(=O)OC(C)(C)C(F)(F)F)C(C)C1. The number of hydrogen-bond donors (Lipinski definition) is 3. The zero-order valence-corrected chi connectivity index (χ0v) is 31.5. The lowest BCUT2D eigenvalue weighted by molar-refractivity contribution is -0.244. The maximum absolute atomic E-state index is 14.5. The molecule has 2 aliphatic carbocycles. The Morgan fingerprint density at radius 1 is 1.09 bits per heavy atom. The van der Waals surface area contributed by atoms with Gasteiger partial charge in [-0.05, 0) is 82.4 Å². The number of carbonyl (C=O) groups is 5. The third kappa shape index (κ3) is 8.91. The number of carbonyl (C=O) groups excluding carboxylic acids is 5. The second kappa shape index (κ2) is 15.3. The predicted molar refractivity (Wildman–Crippen MR) is 185 cm³/mol. The quantitative estimate of drug-likeness (QED) is 0.197. The van der Waals surface area contributed by atoms with Gasteiger partial charge in [-0.15, -0.1) is 0 Å². The number of esters is 1. The summed E-state index contributed by atoms with van der Waals surface area (Å²) in [4.78, 5) is 69.4. The number of amides is 4. The second-order valence-electron chi connectivity index (χ2n) is 15.6. The van der Waals surface area contributed by atoms with E-state index in [1.54, 1.807) is 19.1 Å². The lowest BCUT2D eigenvalue weighted by Crippen LogP contribution is -2.60. The smallest absolute Gasteiger partial charge is 0.427 e. The third-order valence-electron chi connectivity index (χ3n) is 10.9. The first-order valence-electron chi connectivity index (χ1n) is 18.0. The molecule has 4 aliphatic rings. The summed E-state index contributed by atoms with van der Waals surface area (Å²) in [5.74, 6) is -6.30. The first kappa shape index (κ1) is 41.9. The Morgan fingerprint density at radius 3 is 2.40 bits per heavy atom. The fraction of sp³-hybridized carbons (Fsp3) is 0.639. The summed E-state index contributed by atoms with van der Waals surface area (Å²) < 4.78 is 105. The van der Waals surface area contributed by atoms with E-state index in [4.69, 9.17) is 9.47 Å². The highest BCUT2D eigenvalue weighted by atomic mass is 32.2. The molecule has 1 saturated heterocycles. The Hall–Kier alpha value is -4.29. The number of alkyl halides is 4. The Morgan fingerprint density at radius 2 is 1.78 bits per heavy atom. The molecule has 2 heterocycles. The van der Waals surface area contributed by atoms with Crippen molar-refractivity contribution in [2.75, 3.05) is 13.2 Å². The summed E-state index contributed by atoms with van der Waals surface area (Å²) in [5.41, 5.74) is -4.95. The maximum atomic E-state index is 14.5. The summed E-state index contributed by atoms with van der Waals surface area (Å²) >= 11 is 0. The minimum absolute atomic E-state index is 0.00324. The van der Waals surface area contributed by atoms with E-state index in [1.165, 1.54) is 12.1 Å². The number of allylic oxidation sites excluding steroid dienone is 1. The van der Waals surface area contributed by atoms with Gasteiger partial charge in [0.1, 0.15) is 41.0 Å². The molecule has 3 fully saturated rings. The molecule has 7 unspecified atom stereocenters. The van der Waals surface area contributed by atoms with Crippen LogP contribution in [0.2, 0.25) is 0 Å². The number of rotatable bonds is 8. The van der Waals surface area contributed by atoms with Gasteiger partial charge in [-0.2, -0.15) is 13.2 Å². The molecule has 0 radical (unpaired) electrons. The lowest BCUT2D eigenvalue weighted by atomic mass is 9.88. The van der Waals surface area contributed by atoms with Crippen LogP contribution in [0.1, 0.15) is 83.0 Å². The van der Waals surface area contributed by atoms with Crippen molar-refractivity contribution in [2.24, 2.45) is 17.8 Å². The van der Waals surface area contributed by atoms with Crippen LogP contribution in [0.3, 0.4) is 0 Å². The zero-order valence-electron chi connectivity index (χ0n) is 30.7. The van der Waals surface area contributed by atoms with Gasteiger partial charge in [0, 0.05) is 12.3 Å². The van der Waals surface area contributed by atoms with Gasteiger partial charge in [-0.25, -0.2) is 26.8 Å². The Bertz CT molecular complexity index is 1840. The summed E-state index contributed by atoms with van der Waals surface area (Å²) in [5, 5.41) is 4.86. The van der Waals surface area contributed by atoms with Crippen molar-refractivity contribution >= 4 is 39.8 Å². The van der Waals surface area contributed by atoms with Crippen LogP contribution in [0.4, 0.5) is 26.7 Å². The fourth-order valence-electron chi connectivity index (χ4n) is 7.03. The minimum atomic E-state index is -4.96. The normalized spacial score (nSPS) is 29.7. The van der Waals surface area contributed by atoms with E-state index in [0.717, 1.165) is 17.0 Å². The average molecular weight is 805 g/mol. The van der Waals surface area contributed by atoms with Crippen molar-refractivity contribution in [2.45, 2.75) is 113 Å². The molecule has 55 heavy (non-hydrogen) atoms. The highest BCUT2D eigenvalue weighted by molar-refractivity contribution is 7.91. The first-order chi connectivity index (χ1) is 25.5. The second-order valence-corrected chi connectivity index (χ2v) is 17.7. The van der Waals surface area contributed by atoms with E-state index in [9.17, 15) is 54.3 Å². The molecule has 4 amide bonds. The first-order valence-corrected chi connectivity index (χ1v) is 19.5. The predicted octanol–water partition coefficient (Wildman–Crippen LogP) is 4.22. The Balaban J connectivity index is 1.49. The molecule has 1 aromatic rings. The number of benzene rings is 1. The van der Waals surface area contributed by atoms with E-state index in [1.807, 2.05) is 11.6 Å². The van der Waals surface area contributed by atoms with Crippen LogP contribution >= 0.6 is 0 Å². The summed E-state index contributed by atoms with van der Waals surface area (Å²) in [6.45, 7) is 3.03. The van der Waals surface area contributed by atoms with Gasteiger partial charge < -0.3 is 25.0 Å². The number of sulfonamides is 1. The monoisotopic (exact) mass is 804 g/mol. The third-order valence-corrected chi connectivity index (χ3v) is 13.0. The molecule has 1 aromatic carbocycles. The van der Waals surface area contributed by atoms with E-state index in [-0.39, 0.29) is 43.6 Å². The largest absolute Gasteiger partial charge is 0.457 e. The fourth-order valence-corrected chi connectivity index (χ4v) is 8.46. The summed E-state index contributed by atoms with van der Waals surface area (Å²) in [6.07, 6.45) is -3.47. The maximum Gasteiger partial charge on any atom is 0.427 e. The molecule has 5 rings (SSSR count). The molecule has 19 heteroatoms. The van der Waals surface area contributed by atoms with Crippen molar-refractivity contribution in [3.63, 3.8) is 0 Å². The Kier molecular flexibility index (Phi) is 11.7.